The molecule has 1 N–H and O–H groups in total. The third kappa shape index (κ3) is 3.13. The lowest BCUT2D eigenvalue weighted by molar-refractivity contribution is -0.151. The van der Waals surface area contributed by atoms with E-state index in [9.17, 15) is 9.59 Å². The molecule has 0 aromatic rings. The van der Waals surface area contributed by atoms with Gasteiger partial charge in [-0.25, -0.2) is 0 Å². The lowest BCUT2D eigenvalue weighted by atomic mass is 9.81. The molecule has 0 spiro atoms. The van der Waals surface area contributed by atoms with Crippen LogP contribution < -0.4 is 0 Å². The minimum absolute atomic E-state index is 0.0145. The average Bonchev–Trinajstić information content (AvgIpc) is 2.57. The number of aliphatic carboxylic acids is 1. The van der Waals surface area contributed by atoms with Crippen molar-refractivity contribution in [3.8, 4) is 0 Å². The molecule has 0 bridgehead atoms. The fraction of sp³-hybridized carbons (Fsp3) is 0.818. The van der Waals surface area contributed by atoms with Gasteiger partial charge in [0.1, 0.15) is 5.78 Å². The Hall–Kier alpha value is -0.860. The summed E-state index contributed by atoms with van der Waals surface area (Å²) in [6, 6.07) is 0. The summed E-state index contributed by atoms with van der Waals surface area (Å²) in [4.78, 5) is 21.8. The van der Waals surface area contributed by atoms with Gasteiger partial charge in [-0.1, -0.05) is 26.7 Å². The maximum Gasteiger partial charge on any atom is 0.310 e. The van der Waals surface area contributed by atoms with Crippen molar-refractivity contribution in [3.63, 3.8) is 0 Å². The van der Waals surface area contributed by atoms with Crippen LogP contribution in [0.3, 0.4) is 0 Å². The molecule has 0 atom stereocenters. The topological polar surface area (TPSA) is 54.4 Å². The largest absolute Gasteiger partial charge is 0.481 e. The smallest absolute Gasteiger partial charge is 0.310 e. The third-order valence-corrected chi connectivity index (χ3v) is 2.60. The molecule has 1 aliphatic rings. The van der Waals surface area contributed by atoms with Crippen LogP contribution in [0.15, 0.2) is 0 Å². The predicted molar refractivity (Wildman–Crippen MR) is 55.2 cm³/mol. The van der Waals surface area contributed by atoms with Gasteiger partial charge < -0.3 is 5.11 Å². The Morgan fingerprint density at radius 2 is 1.64 bits per heavy atom. The Morgan fingerprint density at radius 1 is 1.21 bits per heavy atom. The second-order valence-corrected chi connectivity index (χ2v) is 3.67. The SMILES string of the molecule is CC.CC(=O)CC1(C(=O)O)CCCC1. The third-order valence-electron chi connectivity index (χ3n) is 2.60. The zero-order valence-corrected chi connectivity index (χ0v) is 9.30. The van der Waals surface area contributed by atoms with Crippen LogP contribution in [0.2, 0.25) is 0 Å². The minimum atomic E-state index is -0.796. The van der Waals surface area contributed by atoms with Gasteiger partial charge in [0.2, 0.25) is 0 Å². The normalized spacial score (nSPS) is 18.2. The van der Waals surface area contributed by atoms with Gasteiger partial charge in [0.15, 0.2) is 0 Å². The summed E-state index contributed by atoms with van der Waals surface area (Å²) in [7, 11) is 0. The van der Waals surface area contributed by atoms with Crippen LogP contribution in [0.25, 0.3) is 0 Å². The summed E-state index contributed by atoms with van der Waals surface area (Å²) in [5.74, 6) is -0.811. The quantitative estimate of drug-likeness (QED) is 0.762. The van der Waals surface area contributed by atoms with Crippen molar-refractivity contribution < 1.29 is 14.7 Å². The molecule has 0 aliphatic heterocycles. The second-order valence-electron chi connectivity index (χ2n) is 3.67. The first-order chi connectivity index (χ1) is 6.57. The highest BCUT2D eigenvalue weighted by Gasteiger charge is 2.41. The van der Waals surface area contributed by atoms with Crippen molar-refractivity contribution in [3.05, 3.63) is 0 Å². The maximum atomic E-state index is 10.9. The van der Waals surface area contributed by atoms with Gasteiger partial charge in [0, 0.05) is 6.42 Å². The van der Waals surface area contributed by atoms with E-state index in [2.05, 4.69) is 0 Å². The molecular weight excluding hydrogens is 180 g/mol. The number of ketones is 1. The standard InChI is InChI=1S/C9H14O3.C2H6/c1-7(10)6-9(8(11)12)4-2-3-5-9;1-2/h2-6H2,1H3,(H,11,12);1-2H3. The average molecular weight is 200 g/mol. The Balaban J connectivity index is 0.000000791. The molecule has 82 valence electrons. The van der Waals surface area contributed by atoms with E-state index < -0.39 is 11.4 Å². The predicted octanol–water partition coefficient (Wildman–Crippen LogP) is 2.64. The molecule has 1 saturated carbocycles. The highest BCUT2D eigenvalue weighted by atomic mass is 16.4. The van der Waals surface area contributed by atoms with Crippen molar-refractivity contribution in [2.75, 3.05) is 0 Å². The van der Waals surface area contributed by atoms with Gasteiger partial charge in [0.05, 0.1) is 5.41 Å². The van der Waals surface area contributed by atoms with Crippen molar-refractivity contribution in [2.24, 2.45) is 5.41 Å². The van der Waals surface area contributed by atoms with E-state index in [0.29, 0.717) is 12.8 Å². The molecule has 0 amide bonds. The number of rotatable bonds is 3. The second kappa shape index (κ2) is 5.78. The minimum Gasteiger partial charge on any atom is -0.481 e. The number of carboxylic acids is 1. The van der Waals surface area contributed by atoms with E-state index in [-0.39, 0.29) is 12.2 Å². The van der Waals surface area contributed by atoms with Crippen molar-refractivity contribution in [2.45, 2.75) is 52.9 Å². The first-order valence-corrected chi connectivity index (χ1v) is 5.30. The van der Waals surface area contributed by atoms with E-state index in [4.69, 9.17) is 5.11 Å². The van der Waals surface area contributed by atoms with E-state index in [1.54, 1.807) is 0 Å². The van der Waals surface area contributed by atoms with Gasteiger partial charge in [-0.2, -0.15) is 0 Å². The molecule has 3 nitrogen and oxygen atoms in total. The molecule has 3 heteroatoms. The number of hydrogen-bond acceptors (Lipinski definition) is 2. The summed E-state index contributed by atoms with van der Waals surface area (Å²) in [6.45, 7) is 5.46. The number of Topliss-reactive ketones (excluding diaryl/α,β-unsaturated/α-hetero) is 1. The Labute approximate surface area is 85.5 Å². The van der Waals surface area contributed by atoms with Crippen LogP contribution in [0.4, 0.5) is 0 Å². The van der Waals surface area contributed by atoms with E-state index in [1.165, 1.54) is 6.92 Å². The van der Waals surface area contributed by atoms with Gasteiger partial charge in [-0.15, -0.1) is 0 Å². The van der Waals surface area contributed by atoms with Crippen molar-refractivity contribution in [1.82, 2.24) is 0 Å². The molecule has 14 heavy (non-hydrogen) atoms. The fourth-order valence-corrected chi connectivity index (χ4v) is 1.99. The molecule has 1 rings (SSSR count). The number of hydrogen-bond donors (Lipinski definition) is 1. The summed E-state index contributed by atoms with van der Waals surface area (Å²) < 4.78 is 0. The van der Waals surface area contributed by atoms with Crippen LogP contribution in [-0.2, 0) is 9.59 Å². The zero-order valence-electron chi connectivity index (χ0n) is 9.30. The molecule has 1 fully saturated rings. The summed E-state index contributed by atoms with van der Waals surface area (Å²) in [5, 5.41) is 8.96. The Morgan fingerprint density at radius 3 is 1.93 bits per heavy atom. The molecule has 0 saturated heterocycles. The van der Waals surface area contributed by atoms with E-state index in [1.807, 2.05) is 13.8 Å². The van der Waals surface area contributed by atoms with Crippen LogP contribution in [0.5, 0.6) is 0 Å². The van der Waals surface area contributed by atoms with Crippen LogP contribution in [-0.4, -0.2) is 16.9 Å². The molecule has 1 aliphatic carbocycles. The van der Waals surface area contributed by atoms with Gasteiger partial charge in [0.25, 0.3) is 0 Å². The van der Waals surface area contributed by atoms with Crippen LogP contribution in [0, 0.1) is 5.41 Å². The Bertz CT molecular complexity index is 203. The zero-order chi connectivity index (χ0) is 11.2. The Kier molecular flexibility index (Phi) is 5.43. The highest BCUT2D eigenvalue weighted by molar-refractivity contribution is 5.85. The summed E-state index contributed by atoms with van der Waals surface area (Å²) in [6.07, 6.45) is 3.44. The molecule has 0 radical (unpaired) electrons. The van der Waals surface area contributed by atoms with E-state index in [0.717, 1.165) is 12.8 Å². The molecular formula is C11H20O3. The maximum absolute atomic E-state index is 10.9. The monoisotopic (exact) mass is 200 g/mol. The van der Waals surface area contributed by atoms with Gasteiger partial charge >= 0.3 is 5.97 Å². The van der Waals surface area contributed by atoms with Crippen molar-refractivity contribution >= 4 is 11.8 Å². The fourth-order valence-electron chi connectivity index (χ4n) is 1.99. The van der Waals surface area contributed by atoms with Crippen LogP contribution in [0.1, 0.15) is 52.9 Å². The number of carbonyl (C=O) groups excluding carboxylic acids is 1. The lowest BCUT2D eigenvalue weighted by Gasteiger charge is -2.21. The molecule has 0 aromatic carbocycles. The number of carbonyl (C=O) groups is 2. The molecule has 0 aromatic heterocycles. The lowest BCUT2D eigenvalue weighted by Crippen LogP contribution is -2.29. The van der Waals surface area contributed by atoms with Gasteiger partial charge in [-0.3, -0.25) is 9.59 Å². The summed E-state index contributed by atoms with van der Waals surface area (Å²) in [5.41, 5.74) is -0.716. The highest BCUT2D eigenvalue weighted by Crippen LogP contribution is 2.41. The first kappa shape index (κ1) is 13.1. The van der Waals surface area contributed by atoms with Crippen LogP contribution >= 0.6 is 0 Å². The first-order valence-electron chi connectivity index (χ1n) is 5.30. The molecule has 0 heterocycles. The van der Waals surface area contributed by atoms with Gasteiger partial charge in [-0.05, 0) is 19.8 Å². The van der Waals surface area contributed by atoms with Crippen molar-refractivity contribution in [1.29, 1.82) is 0 Å². The number of carboxylic acid groups (broad SMARTS) is 1. The molecule has 0 unspecified atom stereocenters. The summed E-state index contributed by atoms with van der Waals surface area (Å²) >= 11 is 0. The van der Waals surface area contributed by atoms with E-state index >= 15 is 0 Å².